The molecule has 7 unspecified atom stereocenters. The molecule has 4 fully saturated rings. The van der Waals surface area contributed by atoms with E-state index in [1.165, 1.54) is 0 Å². The molecule has 0 aromatic heterocycles. The Balaban J connectivity index is 1.62. The first-order chi connectivity index (χ1) is 17.6. The van der Waals surface area contributed by atoms with Gasteiger partial charge in [-0.15, -0.1) is 0 Å². The van der Waals surface area contributed by atoms with Gasteiger partial charge in [-0.2, -0.15) is 0 Å². The molecule has 2 heterocycles. The molecule has 0 radical (unpaired) electrons. The predicted octanol–water partition coefficient (Wildman–Crippen LogP) is 6.07. The van der Waals surface area contributed by atoms with Crippen LogP contribution in [0.25, 0.3) is 0 Å². The van der Waals surface area contributed by atoms with Crippen LogP contribution in [0.3, 0.4) is 0 Å². The molecule has 7 nitrogen and oxygen atoms in total. The van der Waals surface area contributed by atoms with E-state index < -0.39 is 11.4 Å². The van der Waals surface area contributed by atoms with Gasteiger partial charge in [0.1, 0.15) is 12.2 Å². The smallest absolute Gasteiger partial charge is 0.308 e. The number of hydrogen-bond donors (Lipinski definition) is 0. The first-order valence-corrected chi connectivity index (χ1v) is 14.9. The summed E-state index contributed by atoms with van der Waals surface area (Å²) in [6.45, 7) is 19.7. The summed E-state index contributed by atoms with van der Waals surface area (Å²) in [7, 11) is 0. The summed E-state index contributed by atoms with van der Waals surface area (Å²) in [6.07, 6.45) is 6.60. The van der Waals surface area contributed by atoms with E-state index in [0.717, 1.165) is 38.5 Å². The molecule has 218 valence electrons. The van der Waals surface area contributed by atoms with E-state index in [0.29, 0.717) is 24.9 Å². The average Bonchev–Trinajstić information content (AvgIpc) is 3.23. The molecule has 2 saturated carbocycles. The van der Waals surface area contributed by atoms with Crippen LogP contribution in [-0.2, 0) is 33.3 Å². The van der Waals surface area contributed by atoms with Crippen LogP contribution in [0.4, 0.5) is 0 Å². The first-order valence-electron chi connectivity index (χ1n) is 14.9. The van der Waals surface area contributed by atoms with E-state index in [9.17, 15) is 9.59 Å². The third kappa shape index (κ3) is 5.05. The molecule has 4 aliphatic rings. The number of fused-ring (bicyclic) bond motifs is 4. The fraction of sp³-hybridized carbons (Fsp3) is 0.935. The van der Waals surface area contributed by atoms with Gasteiger partial charge in [-0.3, -0.25) is 9.59 Å². The SMILES string of the molecule is CC(C)C(=O)OCCC1(COC(=O)C(C)C)CCC2(O1)C(C)CCC1C3(C)COC(C)(C)OC3CCC12C. The molecule has 2 aliphatic heterocycles. The molecule has 2 aliphatic carbocycles. The number of hydrogen-bond acceptors (Lipinski definition) is 7. The van der Waals surface area contributed by atoms with Crippen molar-refractivity contribution in [3.8, 4) is 0 Å². The number of ether oxygens (including phenoxy) is 5. The van der Waals surface area contributed by atoms with Crippen molar-refractivity contribution in [2.45, 2.75) is 130 Å². The molecule has 0 amide bonds. The minimum Gasteiger partial charge on any atom is -0.465 e. The van der Waals surface area contributed by atoms with E-state index in [1.54, 1.807) is 0 Å². The Morgan fingerprint density at radius 2 is 1.55 bits per heavy atom. The summed E-state index contributed by atoms with van der Waals surface area (Å²) in [6, 6.07) is 0. The van der Waals surface area contributed by atoms with Crippen molar-refractivity contribution in [1.29, 1.82) is 0 Å². The van der Waals surface area contributed by atoms with Crippen molar-refractivity contribution >= 4 is 11.9 Å². The van der Waals surface area contributed by atoms with Crippen molar-refractivity contribution in [3.63, 3.8) is 0 Å². The largest absolute Gasteiger partial charge is 0.465 e. The Morgan fingerprint density at radius 1 is 0.895 bits per heavy atom. The minimum absolute atomic E-state index is 0.0669. The Hall–Kier alpha value is -1.18. The molecule has 0 aromatic carbocycles. The van der Waals surface area contributed by atoms with Gasteiger partial charge in [0, 0.05) is 17.3 Å². The molecular formula is C31H52O7. The lowest BCUT2D eigenvalue weighted by Crippen LogP contribution is -2.69. The van der Waals surface area contributed by atoms with Crippen LogP contribution >= 0.6 is 0 Å². The molecule has 0 aromatic rings. The van der Waals surface area contributed by atoms with Crippen LogP contribution in [0.15, 0.2) is 0 Å². The highest BCUT2D eigenvalue weighted by Crippen LogP contribution is 2.69. The van der Waals surface area contributed by atoms with Gasteiger partial charge in [0.15, 0.2) is 5.79 Å². The van der Waals surface area contributed by atoms with Gasteiger partial charge in [-0.25, -0.2) is 0 Å². The third-order valence-corrected chi connectivity index (χ3v) is 10.6. The van der Waals surface area contributed by atoms with E-state index >= 15 is 0 Å². The second kappa shape index (κ2) is 10.3. The lowest BCUT2D eigenvalue weighted by atomic mass is 9.43. The Labute approximate surface area is 230 Å². The lowest BCUT2D eigenvalue weighted by Gasteiger charge is -2.67. The van der Waals surface area contributed by atoms with Crippen LogP contribution in [0, 0.1) is 34.5 Å². The lowest BCUT2D eigenvalue weighted by molar-refractivity contribution is -0.359. The van der Waals surface area contributed by atoms with E-state index in [2.05, 4.69) is 20.8 Å². The van der Waals surface area contributed by atoms with Crippen LogP contribution in [-0.4, -0.2) is 54.9 Å². The highest BCUT2D eigenvalue weighted by Gasteiger charge is 2.70. The molecule has 38 heavy (non-hydrogen) atoms. The Kier molecular flexibility index (Phi) is 8.10. The van der Waals surface area contributed by atoms with Gasteiger partial charge in [-0.1, -0.05) is 48.5 Å². The Bertz CT molecular complexity index is 899. The van der Waals surface area contributed by atoms with Gasteiger partial charge in [-0.05, 0) is 64.2 Å². The molecule has 7 atom stereocenters. The molecular weight excluding hydrogens is 484 g/mol. The summed E-state index contributed by atoms with van der Waals surface area (Å²) in [5.74, 6) is -0.607. The van der Waals surface area contributed by atoms with Gasteiger partial charge < -0.3 is 23.7 Å². The van der Waals surface area contributed by atoms with Crippen LogP contribution in [0.5, 0.6) is 0 Å². The van der Waals surface area contributed by atoms with Crippen LogP contribution in [0.2, 0.25) is 0 Å². The van der Waals surface area contributed by atoms with Gasteiger partial charge >= 0.3 is 11.9 Å². The zero-order valence-electron chi connectivity index (χ0n) is 25.3. The van der Waals surface area contributed by atoms with Crippen molar-refractivity contribution in [2.24, 2.45) is 34.5 Å². The minimum atomic E-state index is -0.666. The highest BCUT2D eigenvalue weighted by atomic mass is 16.7. The van der Waals surface area contributed by atoms with E-state index in [1.807, 2.05) is 41.5 Å². The fourth-order valence-corrected chi connectivity index (χ4v) is 8.22. The van der Waals surface area contributed by atoms with Crippen molar-refractivity contribution in [1.82, 2.24) is 0 Å². The third-order valence-electron chi connectivity index (χ3n) is 10.6. The highest BCUT2D eigenvalue weighted by molar-refractivity contribution is 5.71. The second-order valence-electron chi connectivity index (χ2n) is 14.3. The number of carbonyl (C=O) groups is 2. The number of esters is 2. The van der Waals surface area contributed by atoms with Crippen LogP contribution < -0.4 is 0 Å². The maximum atomic E-state index is 12.5. The normalized spacial score (nSPS) is 42.1. The molecule has 7 heteroatoms. The zero-order valence-corrected chi connectivity index (χ0v) is 25.3. The maximum absolute atomic E-state index is 12.5. The quantitative estimate of drug-likeness (QED) is 0.366. The second-order valence-corrected chi connectivity index (χ2v) is 14.3. The summed E-state index contributed by atoms with van der Waals surface area (Å²) in [4.78, 5) is 24.7. The molecule has 0 N–H and O–H groups in total. The van der Waals surface area contributed by atoms with Gasteiger partial charge in [0.05, 0.1) is 36.8 Å². The van der Waals surface area contributed by atoms with Crippen molar-refractivity contribution in [2.75, 3.05) is 19.8 Å². The standard InChI is InChI=1S/C31H52O7/c1-20(2)25(32)34-17-16-30(19-35-26(33)21(3)4)14-15-31(38-30)22(5)10-11-23-28(8)18-36-27(6,7)37-24(28)12-13-29(23,31)9/h20-24H,10-19H2,1-9H3. The molecule has 4 rings (SSSR count). The fourth-order valence-electron chi connectivity index (χ4n) is 8.22. The average molecular weight is 537 g/mol. The van der Waals surface area contributed by atoms with E-state index in [-0.39, 0.29) is 59.5 Å². The number of carbonyl (C=O) groups excluding carboxylic acids is 2. The topological polar surface area (TPSA) is 80.3 Å². The van der Waals surface area contributed by atoms with Gasteiger partial charge in [0.2, 0.25) is 0 Å². The van der Waals surface area contributed by atoms with Crippen molar-refractivity contribution < 1.29 is 33.3 Å². The summed E-state index contributed by atoms with van der Waals surface area (Å²) >= 11 is 0. The predicted molar refractivity (Wildman–Crippen MR) is 144 cm³/mol. The van der Waals surface area contributed by atoms with Gasteiger partial charge in [0.25, 0.3) is 0 Å². The molecule has 2 saturated heterocycles. The van der Waals surface area contributed by atoms with E-state index in [4.69, 9.17) is 23.7 Å². The zero-order chi connectivity index (χ0) is 28.1. The van der Waals surface area contributed by atoms with Crippen LogP contribution in [0.1, 0.15) is 107 Å². The maximum Gasteiger partial charge on any atom is 0.308 e. The summed E-state index contributed by atoms with van der Waals surface area (Å²) in [5, 5.41) is 0. The summed E-state index contributed by atoms with van der Waals surface area (Å²) in [5.41, 5.74) is -1.16. The monoisotopic (exact) mass is 536 g/mol. The molecule has 0 bridgehead atoms. The molecule has 1 spiro atoms. The number of rotatable bonds is 7. The summed E-state index contributed by atoms with van der Waals surface area (Å²) < 4.78 is 31.5. The first kappa shape index (κ1) is 29.8. The van der Waals surface area contributed by atoms with Crippen molar-refractivity contribution in [3.05, 3.63) is 0 Å². The Morgan fingerprint density at radius 3 is 2.21 bits per heavy atom.